The van der Waals surface area contributed by atoms with Crippen molar-refractivity contribution in [2.45, 2.75) is 0 Å². The fourth-order valence-corrected chi connectivity index (χ4v) is 2.24. The summed E-state index contributed by atoms with van der Waals surface area (Å²) in [5.74, 6) is 0.259. The number of nitrogens with one attached hydrogen (secondary N) is 2. The molecule has 5 nitrogen and oxygen atoms in total. The highest BCUT2D eigenvalue weighted by Gasteiger charge is 2.13. The number of H-pyrrole nitrogens is 1. The first-order valence-corrected chi connectivity index (χ1v) is 7.17. The van der Waals surface area contributed by atoms with E-state index < -0.39 is 5.56 Å². The van der Waals surface area contributed by atoms with E-state index >= 15 is 0 Å². The Hall–Kier alpha value is -3.10. The smallest absolute Gasteiger partial charge is 0.270 e. The monoisotopic (exact) mass is 322 g/mol. The molecule has 0 bridgehead atoms. The van der Waals surface area contributed by atoms with Gasteiger partial charge in [-0.3, -0.25) is 9.78 Å². The normalized spacial score (nSPS) is 10.1. The topological polar surface area (TPSA) is 81.6 Å². The summed E-state index contributed by atoms with van der Waals surface area (Å²) in [5, 5.41) is 12.8. The van der Waals surface area contributed by atoms with Crippen LogP contribution >= 0.6 is 11.6 Å². The number of rotatable bonds is 3. The van der Waals surface area contributed by atoms with Crippen molar-refractivity contribution in [2.75, 3.05) is 5.32 Å². The third-order valence-corrected chi connectivity index (χ3v) is 3.44. The van der Waals surface area contributed by atoms with Crippen molar-refractivity contribution in [1.82, 2.24) is 9.97 Å². The van der Waals surface area contributed by atoms with Gasteiger partial charge >= 0.3 is 0 Å². The minimum Gasteiger partial charge on any atom is -0.326 e. The SMILES string of the molecule is N#Cc1c(-c2ccccc2)nc(Nc2ccc(Cl)cc2)[nH]c1=O. The first-order valence-electron chi connectivity index (χ1n) is 6.80. The summed E-state index contributed by atoms with van der Waals surface area (Å²) >= 11 is 5.85. The molecule has 0 amide bonds. The first-order chi connectivity index (χ1) is 11.2. The fraction of sp³-hybridized carbons (Fsp3) is 0. The number of benzene rings is 2. The summed E-state index contributed by atoms with van der Waals surface area (Å²) < 4.78 is 0. The Balaban J connectivity index is 2.06. The molecule has 0 radical (unpaired) electrons. The molecule has 0 atom stereocenters. The number of hydrogen-bond donors (Lipinski definition) is 2. The molecule has 6 heteroatoms. The molecular formula is C17H11ClN4O. The van der Waals surface area contributed by atoms with Crippen LogP contribution in [0.1, 0.15) is 5.56 Å². The molecule has 2 N–H and O–H groups in total. The van der Waals surface area contributed by atoms with E-state index in [4.69, 9.17) is 11.6 Å². The average molecular weight is 323 g/mol. The third kappa shape index (κ3) is 3.23. The van der Waals surface area contributed by atoms with Crippen LogP contribution in [0.4, 0.5) is 11.6 Å². The van der Waals surface area contributed by atoms with Gasteiger partial charge in [0.15, 0.2) is 0 Å². The molecule has 0 saturated heterocycles. The Kier molecular flexibility index (Phi) is 4.09. The van der Waals surface area contributed by atoms with Gasteiger partial charge < -0.3 is 5.32 Å². The van der Waals surface area contributed by atoms with Crippen molar-refractivity contribution in [3.63, 3.8) is 0 Å². The van der Waals surface area contributed by atoms with Gasteiger partial charge in [-0.2, -0.15) is 5.26 Å². The van der Waals surface area contributed by atoms with Crippen molar-refractivity contribution in [1.29, 1.82) is 5.26 Å². The summed E-state index contributed by atoms with van der Waals surface area (Å²) in [6.07, 6.45) is 0. The molecule has 3 aromatic rings. The quantitative estimate of drug-likeness (QED) is 0.770. The standard InChI is InChI=1S/C17H11ClN4O/c18-12-6-8-13(9-7-12)20-17-21-15(11-4-2-1-3-5-11)14(10-19)16(23)22-17/h1-9H,(H2,20,21,22,23). The van der Waals surface area contributed by atoms with Gasteiger partial charge in [0.25, 0.3) is 5.56 Å². The van der Waals surface area contributed by atoms with E-state index in [9.17, 15) is 10.1 Å². The van der Waals surface area contributed by atoms with E-state index in [0.29, 0.717) is 16.3 Å². The second-order valence-electron chi connectivity index (χ2n) is 4.75. The zero-order valence-corrected chi connectivity index (χ0v) is 12.6. The van der Waals surface area contributed by atoms with Gasteiger partial charge in [-0.05, 0) is 24.3 Å². The maximum atomic E-state index is 12.1. The lowest BCUT2D eigenvalue weighted by Gasteiger charge is -2.08. The van der Waals surface area contributed by atoms with Crippen LogP contribution in [0.5, 0.6) is 0 Å². The number of anilines is 2. The molecule has 0 aliphatic heterocycles. The second kappa shape index (κ2) is 6.34. The molecule has 0 saturated carbocycles. The third-order valence-electron chi connectivity index (χ3n) is 3.19. The highest BCUT2D eigenvalue weighted by molar-refractivity contribution is 6.30. The molecule has 2 aromatic carbocycles. The molecule has 0 unspecified atom stereocenters. The summed E-state index contributed by atoms with van der Waals surface area (Å²) in [6, 6.07) is 18.0. The number of hydrogen-bond acceptors (Lipinski definition) is 4. The van der Waals surface area contributed by atoms with Gasteiger partial charge in [0.1, 0.15) is 11.6 Å². The van der Waals surface area contributed by atoms with E-state index in [1.165, 1.54) is 0 Å². The Labute approximate surface area is 137 Å². The number of nitriles is 1. The van der Waals surface area contributed by atoms with Crippen LogP contribution in [0.25, 0.3) is 11.3 Å². The van der Waals surface area contributed by atoms with E-state index in [1.54, 1.807) is 36.4 Å². The highest BCUT2D eigenvalue weighted by atomic mass is 35.5. The average Bonchev–Trinajstić information content (AvgIpc) is 2.57. The van der Waals surface area contributed by atoms with E-state index in [0.717, 1.165) is 5.69 Å². The summed E-state index contributed by atoms with van der Waals surface area (Å²) in [6.45, 7) is 0. The van der Waals surface area contributed by atoms with Crippen LogP contribution in [0, 0.1) is 11.3 Å². The number of aromatic nitrogens is 2. The Morgan fingerprint density at radius 1 is 1.09 bits per heavy atom. The van der Waals surface area contributed by atoms with Gasteiger partial charge in [0.2, 0.25) is 5.95 Å². The van der Waals surface area contributed by atoms with Crippen molar-refractivity contribution in [3.8, 4) is 17.3 Å². The van der Waals surface area contributed by atoms with Crippen LogP contribution in [0.3, 0.4) is 0 Å². The predicted octanol–water partition coefficient (Wildman–Crippen LogP) is 3.71. The lowest BCUT2D eigenvalue weighted by Crippen LogP contribution is -2.16. The molecule has 0 aliphatic carbocycles. The molecule has 3 rings (SSSR count). The first kappa shape index (κ1) is 14.8. The Bertz CT molecular complexity index is 928. The summed E-state index contributed by atoms with van der Waals surface area (Å²) in [5.41, 5.74) is 1.26. The van der Waals surface area contributed by atoms with Gasteiger partial charge in [0, 0.05) is 16.3 Å². The summed E-state index contributed by atoms with van der Waals surface area (Å²) in [7, 11) is 0. The maximum absolute atomic E-state index is 12.1. The van der Waals surface area contributed by atoms with Crippen LogP contribution in [0.2, 0.25) is 5.02 Å². The van der Waals surface area contributed by atoms with E-state index in [1.807, 2.05) is 24.3 Å². The fourth-order valence-electron chi connectivity index (χ4n) is 2.11. The molecule has 23 heavy (non-hydrogen) atoms. The zero-order valence-electron chi connectivity index (χ0n) is 11.9. The molecule has 112 valence electrons. The highest BCUT2D eigenvalue weighted by Crippen LogP contribution is 2.21. The second-order valence-corrected chi connectivity index (χ2v) is 5.18. The molecule has 1 aromatic heterocycles. The van der Waals surface area contributed by atoms with Gasteiger partial charge in [-0.1, -0.05) is 41.9 Å². The number of halogens is 1. The van der Waals surface area contributed by atoms with Gasteiger partial charge in [-0.15, -0.1) is 0 Å². The van der Waals surface area contributed by atoms with Crippen molar-refractivity contribution >= 4 is 23.2 Å². The lowest BCUT2D eigenvalue weighted by molar-refractivity contribution is 1.11. The van der Waals surface area contributed by atoms with Gasteiger partial charge in [-0.25, -0.2) is 4.98 Å². The van der Waals surface area contributed by atoms with E-state index in [2.05, 4.69) is 15.3 Å². The predicted molar refractivity (Wildman–Crippen MR) is 89.7 cm³/mol. The largest absolute Gasteiger partial charge is 0.326 e. The molecule has 0 spiro atoms. The molecule has 0 fully saturated rings. The maximum Gasteiger partial charge on any atom is 0.270 e. The summed E-state index contributed by atoms with van der Waals surface area (Å²) in [4.78, 5) is 19.1. The minimum atomic E-state index is -0.488. The van der Waals surface area contributed by atoms with Crippen molar-refractivity contribution < 1.29 is 0 Å². The van der Waals surface area contributed by atoms with E-state index in [-0.39, 0.29) is 11.5 Å². The zero-order chi connectivity index (χ0) is 16.2. The van der Waals surface area contributed by atoms with Crippen LogP contribution < -0.4 is 10.9 Å². The molecule has 0 aliphatic rings. The Morgan fingerprint density at radius 2 is 1.78 bits per heavy atom. The Morgan fingerprint density at radius 3 is 2.43 bits per heavy atom. The van der Waals surface area contributed by atoms with Crippen LogP contribution in [0.15, 0.2) is 59.4 Å². The molecule has 1 heterocycles. The minimum absolute atomic E-state index is 0.0159. The van der Waals surface area contributed by atoms with Crippen LogP contribution in [-0.4, -0.2) is 9.97 Å². The molecular weight excluding hydrogens is 312 g/mol. The van der Waals surface area contributed by atoms with Crippen molar-refractivity contribution in [3.05, 3.63) is 75.5 Å². The number of nitrogens with zero attached hydrogens (tertiary/aromatic N) is 2. The number of aromatic amines is 1. The van der Waals surface area contributed by atoms with Crippen molar-refractivity contribution in [2.24, 2.45) is 0 Å². The lowest BCUT2D eigenvalue weighted by atomic mass is 10.1. The van der Waals surface area contributed by atoms with Gasteiger partial charge in [0.05, 0.1) is 5.69 Å². The van der Waals surface area contributed by atoms with Crippen LogP contribution in [-0.2, 0) is 0 Å².